The minimum atomic E-state index is -0.232. The first kappa shape index (κ1) is 16.3. The van der Waals surface area contributed by atoms with E-state index in [0.717, 1.165) is 25.2 Å². The van der Waals surface area contributed by atoms with Crippen molar-refractivity contribution in [3.8, 4) is 0 Å². The van der Waals surface area contributed by atoms with Crippen LogP contribution < -0.4 is 16.0 Å². The van der Waals surface area contributed by atoms with Crippen LogP contribution in [-0.2, 0) is 19.5 Å². The van der Waals surface area contributed by atoms with Crippen LogP contribution >= 0.6 is 0 Å². The molecule has 3 aromatic rings. The Morgan fingerprint density at radius 1 is 1.15 bits per heavy atom. The van der Waals surface area contributed by atoms with E-state index in [4.69, 9.17) is 0 Å². The zero-order chi connectivity index (χ0) is 18.1. The quantitative estimate of drug-likeness (QED) is 0.769. The molecular weight excluding hydrogens is 330 g/mol. The molecule has 0 saturated carbocycles. The number of rotatable bonds is 3. The lowest BCUT2D eigenvalue weighted by molar-refractivity contribution is 0.618. The van der Waals surface area contributed by atoms with Gasteiger partial charge in [0.1, 0.15) is 5.82 Å². The maximum Gasteiger partial charge on any atom is 0.269 e. The molecule has 0 bridgehead atoms. The fraction of sp³-hybridized carbons (Fsp3) is 0.263. The van der Waals surface area contributed by atoms with Crippen LogP contribution in [0.1, 0.15) is 22.6 Å². The Morgan fingerprint density at radius 2 is 1.96 bits per heavy atom. The average molecular weight is 349 g/mol. The number of H-pyrrole nitrogens is 1. The third-order valence-electron chi connectivity index (χ3n) is 4.58. The van der Waals surface area contributed by atoms with Crippen molar-refractivity contribution >= 4 is 5.69 Å². The monoisotopic (exact) mass is 349 g/mol. The van der Waals surface area contributed by atoms with Gasteiger partial charge in [0.2, 0.25) is 0 Å². The molecule has 1 aliphatic heterocycles. The summed E-state index contributed by atoms with van der Waals surface area (Å²) >= 11 is 0. The fourth-order valence-electron chi connectivity index (χ4n) is 3.31. The van der Waals surface area contributed by atoms with Gasteiger partial charge in [0.05, 0.1) is 24.1 Å². The number of fused-ring (bicyclic) bond motifs is 1. The molecule has 4 rings (SSSR count). The first-order valence-electron chi connectivity index (χ1n) is 8.54. The summed E-state index contributed by atoms with van der Waals surface area (Å²) in [6, 6.07) is 11.4. The molecule has 0 aliphatic carbocycles. The van der Waals surface area contributed by atoms with Crippen LogP contribution in [0.2, 0.25) is 0 Å². The van der Waals surface area contributed by atoms with Gasteiger partial charge in [-0.25, -0.2) is 9.67 Å². The number of hydrogen-bond acceptors (Lipinski definition) is 5. The molecule has 0 amide bonds. The van der Waals surface area contributed by atoms with Crippen molar-refractivity contribution in [2.24, 2.45) is 0 Å². The molecule has 0 atom stereocenters. The molecule has 0 unspecified atom stereocenters. The molecule has 7 nitrogen and oxygen atoms in total. The molecule has 3 heterocycles. The summed E-state index contributed by atoms with van der Waals surface area (Å²) in [5, 5.41) is 4.27. The number of nitrogens with zero attached hydrogens (tertiary/aromatic N) is 4. The minimum absolute atomic E-state index is 0.173. The Kier molecular flexibility index (Phi) is 4.12. The topological polar surface area (TPSA) is 83.9 Å². The number of aromatic amines is 1. The lowest BCUT2D eigenvalue weighted by atomic mass is 10.00. The van der Waals surface area contributed by atoms with Gasteiger partial charge in [-0.15, -0.1) is 0 Å². The summed E-state index contributed by atoms with van der Waals surface area (Å²) < 4.78 is 1.32. The van der Waals surface area contributed by atoms with E-state index in [1.54, 1.807) is 19.2 Å². The highest BCUT2D eigenvalue weighted by molar-refractivity contribution is 5.47. The van der Waals surface area contributed by atoms with Crippen molar-refractivity contribution in [1.82, 2.24) is 19.7 Å². The zero-order valence-corrected chi connectivity index (χ0v) is 14.5. The second-order valence-corrected chi connectivity index (χ2v) is 6.47. The zero-order valence-electron chi connectivity index (χ0n) is 14.5. The van der Waals surface area contributed by atoms with Crippen molar-refractivity contribution in [2.75, 3.05) is 11.4 Å². The molecule has 132 valence electrons. The van der Waals surface area contributed by atoms with Gasteiger partial charge in [-0.1, -0.05) is 24.3 Å². The lowest BCUT2D eigenvalue weighted by Gasteiger charge is -2.30. The van der Waals surface area contributed by atoms with E-state index in [-0.39, 0.29) is 17.7 Å². The van der Waals surface area contributed by atoms with Crippen molar-refractivity contribution in [3.63, 3.8) is 0 Å². The van der Waals surface area contributed by atoms with Gasteiger partial charge < -0.3 is 9.88 Å². The lowest BCUT2D eigenvalue weighted by Crippen LogP contribution is -2.32. The van der Waals surface area contributed by atoms with Gasteiger partial charge in [0.25, 0.3) is 11.1 Å². The summed E-state index contributed by atoms with van der Waals surface area (Å²) in [6.45, 7) is 3.51. The summed E-state index contributed by atoms with van der Waals surface area (Å²) in [7, 11) is 0. The van der Waals surface area contributed by atoms with Gasteiger partial charge in [-0.2, -0.15) is 5.10 Å². The molecule has 0 spiro atoms. The second kappa shape index (κ2) is 6.59. The summed E-state index contributed by atoms with van der Waals surface area (Å²) in [4.78, 5) is 33.0. The van der Waals surface area contributed by atoms with E-state index >= 15 is 0 Å². The van der Waals surface area contributed by atoms with E-state index in [0.29, 0.717) is 11.5 Å². The molecular formula is C19H19N5O2. The van der Waals surface area contributed by atoms with Gasteiger partial charge in [0.15, 0.2) is 0 Å². The highest BCUT2D eigenvalue weighted by atomic mass is 16.1. The van der Waals surface area contributed by atoms with Gasteiger partial charge in [-0.3, -0.25) is 9.59 Å². The van der Waals surface area contributed by atoms with Crippen LogP contribution in [0.5, 0.6) is 0 Å². The SMILES string of the molecule is Cc1nc(Cn2ncc(N3CCc4ccccc4C3)cc2=O)cc(=O)[nH]1. The van der Waals surface area contributed by atoms with Crippen LogP contribution in [0, 0.1) is 6.92 Å². The van der Waals surface area contributed by atoms with Crippen LogP contribution in [0.3, 0.4) is 0 Å². The van der Waals surface area contributed by atoms with Crippen LogP contribution in [0.25, 0.3) is 0 Å². The number of hydrogen-bond donors (Lipinski definition) is 1. The summed E-state index contributed by atoms with van der Waals surface area (Å²) in [5.74, 6) is 0.518. The average Bonchev–Trinajstić information content (AvgIpc) is 2.62. The van der Waals surface area contributed by atoms with E-state index in [9.17, 15) is 9.59 Å². The Morgan fingerprint density at radius 3 is 2.73 bits per heavy atom. The maximum atomic E-state index is 12.5. The Bertz CT molecular complexity index is 1070. The number of aromatic nitrogens is 4. The molecule has 2 aromatic heterocycles. The molecule has 1 aromatic carbocycles. The van der Waals surface area contributed by atoms with E-state index in [1.807, 2.05) is 6.07 Å². The number of anilines is 1. The number of benzene rings is 1. The molecule has 0 fully saturated rings. The Hall–Kier alpha value is -3.22. The Labute approximate surface area is 150 Å². The smallest absolute Gasteiger partial charge is 0.269 e. The van der Waals surface area contributed by atoms with Gasteiger partial charge in [-0.05, 0) is 24.5 Å². The molecule has 7 heteroatoms. The van der Waals surface area contributed by atoms with Crippen LogP contribution in [0.15, 0.2) is 52.2 Å². The molecule has 0 saturated heterocycles. The number of nitrogens with one attached hydrogen (secondary N) is 1. The third-order valence-corrected chi connectivity index (χ3v) is 4.58. The normalized spacial score (nSPS) is 13.5. The van der Waals surface area contributed by atoms with Gasteiger partial charge in [0, 0.05) is 25.2 Å². The predicted molar refractivity (Wildman–Crippen MR) is 98.4 cm³/mol. The third kappa shape index (κ3) is 3.28. The Balaban J connectivity index is 1.57. The molecule has 26 heavy (non-hydrogen) atoms. The first-order chi connectivity index (χ1) is 12.6. The van der Waals surface area contributed by atoms with Crippen molar-refractivity contribution in [2.45, 2.75) is 26.4 Å². The van der Waals surface area contributed by atoms with E-state index < -0.39 is 0 Å². The second-order valence-electron chi connectivity index (χ2n) is 6.47. The standard InChI is InChI=1S/C19H19N5O2/c1-13-21-16(8-18(25)22-13)12-24-19(26)9-17(10-20-24)23-7-6-14-4-2-3-5-15(14)11-23/h2-5,8-10H,6-7,11-12H2,1H3,(H,21,22,25). The van der Waals surface area contributed by atoms with Crippen molar-refractivity contribution in [1.29, 1.82) is 0 Å². The van der Waals surface area contributed by atoms with Crippen LogP contribution in [0.4, 0.5) is 5.69 Å². The fourth-order valence-corrected chi connectivity index (χ4v) is 3.31. The highest BCUT2D eigenvalue weighted by Gasteiger charge is 2.17. The van der Waals surface area contributed by atoms with Crippen LogP contribution in [-0.4, -0.2) is 26.3 Å². The molecule has 1 N–H and O–H groups in total. The predicted octanol–water partition coefficient (Wildman–Crippen LogP) is 1.25. The van der Waals surface area contributed by atoms with Gasteiger partial charge >= 0.3 is 0 Å². The van der Waals surface area contributed by atoms with Crippen molar-refractivity contribution < 1.29 is 0 Å². The largest absolute Gasteiger partial charge is 0.365 e. The molecule has 1 aliphatic rings. The van der Waals surface area contributed by atoms with E-state index in [2.05, 4.69) is 38.2 Å². The van der Waals surface area contributed by atoms with E-state index in [1.165, 1.54) is 21.9 Å². The number of aryl methyl sites for hydroxylation is 1. The summed E-state index contributed by atoms with van der Waals surface area (Å²) in [5.41, 5.74) is 3.54. The van der Waals surface area contributed by atoms with Crippen molar-refractivity contribution in [3.05, 3.63) is 85.9 Å². The highest BCUT2D eigenvalue weighted by Crippen LogP contribution is 2.22. The maximum absolute atomic E-state index is 12.5. The first-order valence-corrected chi connectivity index (χ1v) is 8.54. The molecule has 0 radical (unpaired) electrons. The minimum Gasteiger partial charge on any atom is -0.365 e. The summed E-state index contributed by atoms with van der Waals surface area (Å²) in [6.07, 6.45) is 2.66.